The highest BCUT2D eigenvalue weighted by atomic mass is 16.3. The first-order valence-corrected chi connectivity index (χ1v) is 8.05. The van der Waals surface area contributed by atoms with Gasteiger partial charge in [0.25, 0.3) is 5.91 Å². The lowest BCUT2D eigenvalue weighted by molar-refractivity contribution is 0.0953. The van der Waals surface area contributed by atoms with Gasteiger partial charge in [-0.2, -0.15) is 0 Å². The molecule has 0 bridgehead atoms. The summed E-state index contributed by atoms with van der Waals surface area (Å²) >= 11 is 0. The number of amides is 1. The minimum absolute atomic E-state index is 0.0160. The minimum atomic E-state index is -0.0160. The number of phenolic OH excluding ortho intramolecular Hbond substituents is 1. The molecule has 0 atom stereocenters. The second-order valence-corrected chi connectivity index (χ2v) is 5.58. The highest BCUT2D eigenvalue weighted by Gasteiger charge is 2.04. The van der Waals surface area contributed by atoms with Gasteiger partial charge < -0.3 is 15.7 Å². The normalized spacial score (nSPS) is 10.5. The maximum absolute atomic E-state index is 11.9. The highest BCUT2D eigenvalue weighted by molar-refractivity contribution is 5.94. The zero-order valence-corrected chi connectivity index (χ0v) is 13.5. The molecule has 0 heterocycles. The van der Waals surface area contributed by atoms with Crippen LogP contribution in [0.15, 0.2) is 48.5 Å². The molecule has 3 N–H and O–H groups in total. The number of hydrogen-bond donors (Lipinski definition) is 3. The smallest absolute Gasteiger partial charge is 0.251 e. The monoisotopic (exact) mass is 312 g/mol. The molecule has 0 saturated carbocycles. The fraction of sp³-hybridized carbons (Fsp3) is 0.316. The van der Waals surface area contributed by atoms with E-state index in [0.29, 0.717) is 18.7 Å². The molecule has 122 valence electrons. The average molecular weight is 312 g/mol. The van der Waals surface area contributed by atoms with E-state index >= 15 is 0 Å². The Labute approximate surface area is 137 Å². The lowest BCUT2D eigenvalue weighted by Crippen LogP contribution is -2.24. The Kier molecular flexibility index (Phi) is 6.63. The van der Waals surface area contributed by atoms with E-state index in [-0.39, 0.29) is 11.7 Å². The summed E-state index contributed by atoms with van der Waals surface area (Å²) in [6, 6.07) is 14.8. The number of nitrogens with one attached hydrogen (secondary N) is 2. The van der Waals surface area contributed by atoms with Crippen molar-refractivity contribution in [1.29, 1.82) is 0 Å². The van der Waals surface area contributed by atoms with Crippen molar-refractivity contribution in [2.75, 3.05) is 6.54 Å². The van der Waals surface area contributed by atoms with Crippen LogP contribution in [0.25, 0.3) is 0 Å². The van der Waals surface area contributed by atoms with Crippen molar-refractivity contribution < 1.29 is 9.90 Å². The van der Waals surface area contributed by atoms with Crippen molar-refractivity contribution in [2.45, 2.75) is 32.9 Å². The van der Waals surface area contributed by atoms with E-state index in [1.165, 1.54) is 0 Å². The molecule has 4 nitrogen and oxygen atoms in total. The number of benzene rings is 2. The van der Waals surface area contributed by atoms with Crippen LogP contribution in [-0.2, 0) is 13.1 Å². The number of phenols is 1. The van der Waals surface area contributed by atoms with Gasteiger partial charge in [0.15, 0.2) is 0 Å². The molecule has 2 aromatic rings. The fourth-order valence-corrected chi connectivity index (χ4v) is 2.27. The van der Waals surface area contributed by atoms with Crippen molar-refractivity contribution in [2.24, 2.45) is 0 Å². The summed E-state index contributed by atoms with van der Waals surface area (Å²) in [5, 5.41) is 15.7. The predicted octanol–water partition coefficient (Wildman–Crippen LogP) is 3.21. The van der Waals surface area contributed by atoms with Crippen molar-refractivity contribution in [3.63, 3.8) is 0 Å². The molecular weight excluding hydrogens is 288 g/mol. The second kappa shape index (κ2) is 8.96. The zero-order chi connectivity index (χ0) is 16.5. The molecule has 4 heteroatoms. The van der Waals surface area contributed by atoms with Crippen LogP contribution in [0.1, 0.15) is 41.3 Å². The molecule has 0 aliphatic rings. The van der Waals surface area contributed by atoms with E-state index in [1.54, 1.807) is 12.1 Å². The second-order valence-electron chi connectivity index (χ2n) is 5.58. The van der Waals surface area contributed by atoms with E-state index in [2.05, 4.69) is 17.6 Å². The third-order valence-corrected chi connectivity index (χ3v) is 3.60. The van der Waals surface area contributed by atoms with Gasteiger partial charge in [-0.3, -0.25) is 4.79 Å². The molecule has 0 saturated heterocycles. The summed E-state index contributed by atoms with van der Waals surface area (Å²) in [6.45, 7) is 4.23. The molecule has 0 radical (unpaired) electrons. The van der Waals surface area contributed by atoms with Gasteiger partial charge in [0.2, 0.25) is 0 Å². The standard InChI is InChI=1S/C19H24N2O2/c1-2-3-11-21-19(23)17-9-7-15(8-10-17)13-20-14-16-5-4-6-18(22)12-16/h4-10,12,20,22H,2-3,11,13-14H2,1H3,(H,21,23). The molecule has 2 aromatic carbocycles. The van der Waals surface area contributed by atoms with Crippen LogP contribution in [0.2, 0.25) is 0 Å². The van der Waals surface area contributed by atoms with Crippen LogP contribution < -0.4 is 10.6 Å². The average Bonchev–Trinajstić information content (AvgIpc) is 2.56. The Morgan fingerprint density at radius 2 is 1.78 bits per heavy atom. The Morgan fingerprint density at radius 3 is 2.48 bits per heavy atom. The van der Waals surface area contributed by atoms with E-state index in [1.807, 2.05) is 36.4 Å². The molecule has 0 aromatic heterocycles. The Hall–Kier alpha value is -2.33. The lowest BCUT2D eigenvalue weighted by atomic mass is 10.1. The van der Waals surface area contributed by atoms with Crippen molar-refractivity contribution in [3.8, 4) is 5.75 Å². The quantitative estimate of drug-likeness (QED) is 0.656. The van der Waals surface area contributed by atoms with Gasteiger partial charge in [-0.15, -0.1) is 0 Å². The number of carbonyl (C=O) groups excluding carboxylic acids is 1. The zero-order valence-electron chi connectivity index (χ0n) is 13.5. The Balaban J connectivity index is 1.79. The molecule has 2 rings (SSSR count). The van der Waals surface area contributed by atoms with E-state index in [4.69, 9.17) is 0 Å². The minimum Gasteiger partial charge on any atom is -0.508 e. The van der Waals surface area contributed by atoms with Crippen LogP contribution in [0.3, 0.4) is 0 Å². The van der Waals surface area contributed by atoms with Gasteiger partial charge in [0, 0.05) is 25.2 Å². The van der Waals surface area contributed by atoms with Crippen LogP contribution in [0.5, 0.6) is 5.75 Å². The molecule has 0 aliphatic carbocycles. The summed E-state index contributed by atoms with van der Waals surface area (Å²) in [5.74, 6) is 0.264. The molecule has 0 spiro atoms. The third-order valence-electron chi connectivity index (χ3n) is 3.60. The fourth-order valence-electron chi connectivity index (χ4n) is 2.27. The number of hydrogen-bond acceptors (Lipinski definition) is 3. The van der Waals surface area contributed by atoms with Crippen molar-refractivity contribution in [3.05, 3.63) is 65.2 Å². The number of carbonyl (C=O) groups is 1. The maximum atomic E-state index is 11.9. The van der Waals surface area contributed by atoms with Crippen LogP contribution >= 0.6 is 0 Å². The first-order valence-electron chi connectivity index (χ1n) is 8.05. The van der Waals surface area contributed by atoms with Gasteiger partial charge in [0.1, 0.15) is 5.75 Å². The molecular formula is C19H24N2O2. The summed E-state index contributed by atoms with van der Waals surface area (Å²) in [7, 11) is 0. The molecule has 1 amide bonds. The number of unbranched alkanes of at least 4 members (excludes halogenated alkanes) is 1. The summed E-state index contributed by atoms with van der Waals surface area (Å²) in [6.07, 6.45) is 2.08. The Morgan fingerprint density at radius 1 is 1.04 bits per heavy atom. The van der Waals surface area contributed by atoms with Crippen LogP contribution in [-0.4, -0.2) is 17.6 Å². The SMILES string of the molecule is CCCCNC(=O)c1ccc(CNCc2cccc(O)c2)cc1. The lowest BCUT2D eigenvalue weighted by Gasteiger charge is -2.07. The topological polar surface area (TPSA) is 61.4 Å². The van der Waals surface area contributed by atoms with E-state index in [0.717, 1.165) is 30.5 Å². The number of rotatable bonds is 8. The summed E-state index contributed by atoms with van der Waals surface area (Å²) in [4.78, 5) is 11.9. The largest absolute Gasteiger partial charge is 0.508 e. The van der Waals surface area contributed by atoms with E-state index < -0.39 is 0 Å². The molecule has 23 heavy (non-hydrogen) atoms. The summed E-state index contributed by atoms with van der Waals surface area (Å²) in [5.41, 5.74) is 2.85. The summed E-state index contributed by atoms with van der Waals surface area (Å²) < 4.78 is 0. The highest BCUT2D eigenvalue weighted by Crippen LogP contribution is 2.11. The molecule has 0 aliphatic heterocycles. The Bertz CT molecular complexity index is 624. The first kappa shape index (κ1) is 17.0. The number of aromatic hydroxyl groups is 1. The van der Waals surface area contributed by atoms with Gasteiger partial charge in [-0.25, -0.2) is 0 Å². The van der Waals surface area contributed by atoms with Crippen LogP contribution in [0.4, 0.5) is 0 Å². The van der Waals surface area contributed by atoms with Crippen molar-refractivity contribution in [1.82, 2.24) is 10.6 Å². The van der Waals surface area contributed by atoms with Crippen LogP contribution in [0, 0.1) is 0 Å². The van der Waals surface area contributed by atoms with Crippen molar-refractivity contribution >= 4 is 5.91 Å². The first-order chi connectivity index (χ1) is 11.2. The maximum Gasteiger partial charge on any atom is 0.251 e. The van der Waals surface area contributed by atoms with Gasteiger partial charge >= 0.3 is 0 Å². The van der Waals surface area contributed by atoms with Gasteiger partial charge in [-0.05, 0) is 41.8 Å². The molecule has 0 unspecified atom stereocenters. The third kappa shape index (κ3) is 5.75. The van der Waals surface area contributed by atoms with Gasteiger partial charge in [0.05, 0.1) is 0 Å². The molecule has 0 fully saturated rings. The predicted molar refractivity (Wildman–Crippen MR) is 92.3 cm³/mol. The van der Waals surface area contributed by atoms with Gasteiger partial charge in [-0.1, -0.05) is 37.6 Å². The van der Waals surface area contributed by atoms with E-state index in [9.17, 15) is 9.90 Å².